The zero-order chi connectivity index (χ0) is 13.3. The lowest BCUT2D eigenvalue weighted by Crippen LogP contribution is -2.46. The van der Waals surface area contributed by atoms with Crippen molar-refractivity contribution in [2.45, 2.75) is 19.8 Å². The van der Waals surface area contributed by atoms with Gasteiger partial charge in [0.15, 0.2) is 0 Å². The molecule has 20 heavy (non-hydrogen) atoms. The lowest BCUT2D eigenvalue weighted by Gasteiger charge is -2.32. The summed E-state index contributed by atoms with van der Waals surface area (Å²) in [6, 6.07) is 7.95. The molecule has 1 unspecified atom stereocenters. The zero-order valence-electron chi connectivity index (χ0n) is 11.5. The van der Waals surface area contributed by atoms with E-state index >= 15 is 0 Å². The predicted octanol–water partition coefficient (Wildman–Crippen LogP) is 2.92. The van der Waals surface area contributed by atoms with Crippen molar-refractivity contribution < 1.29 is 4.79 Å². The summed E-state index contributed by atoms with van der Waals surface area (Å²) in [6.07, 6.45) is 3.90. The van der Waals surface area contributed by atoms with E-state index in [0.29, 0.717) is 0 Å². The van der Waals surface area contributed by atoms with E-state index in [1.165, 1.54) is 0 Å². The Morgan fingerprint density at radius 2 is 2.20 bits per heavy atom. The van der Waals surface area contributed by atoms with E-state index in [-0.39, 0.29) is 23.7 Å². The molecule has 3 N–H and O–H groups in total. The van der Waals surface area contributed by atoms with Gasteiger partial charge in [-0.3, -0.25) is 4.79 Å². The van der Waals surface area contributed by atoms with E-state index in [9.17, 15) is 4.79 Å². The maximum Gasteiger partial charge on any atom is 0.231 e. The molecule has 0 saturated carbocycles. The quantitative estimate of drug-likeness (QED) is 0.797. The van der Waals surface area contributed by atoms with Gasteiger partial charge in [0.25, 0.3) is 0 Å². The summed E-state index contributed by atoms with van der Waals surface area (Å²) in [5.74, 6) is 0.106. The molecule has 3 rings (SSSR count). The molecule has 0 bridgehead atoms. The number of H-pyrrole nitrogens is 1. The van der Waals surface area contributed by atoms with Crippen molar-refractivity contribution in [3.63, 3.8) is 0 Å². The first-order valence-electron chi connectivity index (χ1n) is 6.77. The highest BCUT2D eigenvalue weighted by molar-refractivity contribution is 5.97. The Kier molecular flexibility index (Phi) is 4.35. The maximum atomic E-state index is 12.4. The van der Waals surface area contributed by atoms with Gasteiger partial charge in [0, 0.05) is 29.3 Å². The van der Waals surface area contributed by atoms with Gasteiger partial charge in [0.05, 0.1) is 5.41 Å². The molecule has 1 amide bonds. The van der Waals surface area contributed by atoms with E-state index in [2.05, 4.69) is 15.6 Å². The second-order valence-electron chi connectivity index (χ2n) is 5.57. The first-order chi connectivity index (χ1) is 9.17. The second-order valence-corrected chi connectivity index (χ2v) is 5.57. The largest absolute Gasteiger partial charge is 0.361 e. The minimum absolute atomic E-state index is 0. The first-order valence-corrected chi connectivity index (χ1v) is 6.77. The van der Waals surface area contributed by atoms with Crippen molar-refractivity contribution in [1.29, 1.82) is 0 Å². The lowest BCUT2D eigenvalue weighted by atomic mass is 9.82. The standard InChI is InChI=1S/C15H19N3O.ClH/c1-15(6-2-7-16-10-15)14(19)18-12-3-4-13-11(9-12)5-8-17-13;/h3-5,8-9,16-17H,2,6-7,10H2,1H3,(H,18,19);1H. The fourth-order valence-electron chi connectivity index (χ4n) is 2.66. The molecule has 1 aromatic heterocycles. The van der Waals surface area contributed by atoms with Crippen LogP contribution < -0.4 is 10.6 Å². The van der Waals surface area contributed by atoms with E-state index < -0.39 is 0 Å². The number of halogens is 1. The number of aromatic nitrogens is 1. The minimum Gasteiger partial charge on any atom is -0.361 e. The van der Waals surface area contributed by atoms with Crippen LogP contribution in [0.1, 0.15) is 19.8 Å². The second kappa shape index (κ2) is 5.85. The lowest BCUT2D eigenvalue weighted by molar-refractivity contribution is -0.125. The van der Waals surface area contributed by atoms with Crippen molar-refractivity contribution in [2.24, 2.45) is 5.41 Å². The van der Waals surface area contributed by atoms with E-state index in [1.807, 2.05) is 37.4 Å². The summed E-state index contributed by atoms with van der Waals surface area (Å²) in [7, 11) is 0. The van der Waals surface area contributed by atoms with Gasteiger partial charge in [-0.1, -0.05) is 0 Å². The predicted molar refractivity (Wildman–Crippen MR) is 84.4 cm³/mol. The summed E-state index contributed by atoms with van der Waals surface area (Å²) in [5, 5.41) is 7.46. The molecule has 2 heterocycles. The van der Waals surface area contributed by atoms with Gasteiger partial charge < -0.3 is 15.6 Å². The topological polar surface area (TPSA) is 56.9 Å². The van der Waals surface area contributed by atoms with Gasteiger partial charge in [0.1, 0.15) is 0 Å². The number of aromatic amines is 1. The zero-order valence-corrected chi connectivity index (χ0v) is 12.3. The number of nitrogens with one attached hydrogen (secondary N) is 3. The highest BCUT2D eigenvalue weighted by Gasteiger charge is 2.34. The highest BCUT2D eigenvalue weighted by atomic mass is 35.5. The van der Waals surface area contributed by atoms with Crippen LogP contribution >= 0.6 is 12.4 Å². The molecule has 0 radical (unpaired) electrons. The number of carbonyl (C=O) groups excluding carboxylic acids is 1. The van der Waals surface area contributed by atoms with Gasteiger partial charge >= 0.3 is 0 Å². The van der Waals surface area contributed by atoms with Crippen LogP contribution in [-0.2, 0) is 4.79 Å². The number of hydrogen-bond donors (Lipinski definition) is 3. The summed E-state index contributed by atoms with van der Waals surface area (Å²) in [6.45, 7) is 3.80. The van der Waals surface area contributed by atoms with Gasteiger partial charge in [-0.15, -0.1) is 12.4 Å². The van der Waals surface area contributed by atoms with E-state index in [4.69, 9.17) is 0 Å². The maximum absolute atomic E-state index is 12.4. The summed E-state index contributed by atoms with van der Waals surface area (Å²) in [5.41, 5.74) is 1.65. The van der Waals surface area contributed by atoms with Crippen LogP contribution in [-0.4, -0.2) is 24.0 Å². The molecule has 1 aromatic carbocycles. The van der Waals surface area contributed by atoms with Gasteiger partial charge in [-0.05, 0) is 50.6 Å². The third-order valence-electron chi connectivity index (χ3n) is 3.96. The van der Waals surface area contributed by atoms with Gasteiger partial charge in [-0.2, -0.15) is 0 Å². The van der Waals surface area contributed by atoms with Crippen LogP contribution in [0.5, 0.6) is 0 Å². The van der Waals surface area contributed by atoms with Crippen molar-refractivity contribution in [1.82, 2.24) is 10.3 Å². The number of anilines is 1. The van der Waals surface area contributed by atoms with Crippen LogP contribution in [0, 0.1) is 5.41 Å². The Hall–Kier alpha value is -1.52. The summed E-state index contributed by atoms with van der Waals surface area (Å²) < 4.78 is 0. The van der Waals surface area contributed by atoms with Crippen LogP contribution in [0.3, 0.4) is 0 Å². The normalized spacial score (nSPS) is 22.2. The number of hydrogen-bond acceptors (Lipinski definition) is 2. The Bertz CT molecular complexity index is 602. The number of piperidine rings is 1. The van der Waals surface area contributed by atoms with Crippen LogP contribution in [0.25, 0.3) is 10.9 Å². The molecule has 5 heteroatoms. The molecule has 1 aliphatic rings. The van der Waals surface area contributed by atoms with Crippen LogP contribution in [0.15, 0.2) is 30.5 Å². The molecule has 0 aliphatic carbocycles. The molecular formula is C15H20ClN3O. The number of amides is 1. The third-order valence-corrected chi connectivity index (χ3v) is 3.96. The number of benzene rings is 1. The van der Waals surface area contributed by atoms with Gasteiger partial charge in [0.2, 0.25) is 5.91 Å². The molecule has 4 nitrogen and oxygen atoms in total. The summed E-state index contributed by atoms with van der Waals surface area (Å²) in [4.78, 5) is 15.6. The van der Waals surface area contributed by atoms with Crippen LogP contribution in [0.4, 0.5) is 5.69 Å². The Labute approximate surface area is 124 Å². The molecule has 1 saturated heterocycles. The molecule has 1 fully saturated rings. The number of rotatable bonds is 2. The molecule has 2 aromatic rings. The average molecular weight is 294 g/mol. The van der Waals surface area contributed by atoms with Crippen molar-refractivity contribution >= 4 is 34.9 Å². The first kappa shape index (κ1) is 14.9. The molecule has 1 aliphatic heterocycles. The monoisotopic (exact) mass is 293 g/mol. The Morgan fingerprint density at radius 1 is 1.35 bits per heavy atom. The fraction of sp³-hybridized carbons (Fsp3) is 0.400. The molecule has 0 spiro atoms. The highest BCUT2D eigenvalue weighted by Crippen LogP contribution is 2.28. The molecular weight excluding hydrogens is 274 g/mol. The number of carbonyl (C=O) groups is 1. The SMILES string of the molecule is CC1(C(=O)Nc2ccc3[nH]ccc3c2)CCCNC1.Cl. The van der Waals surface area contributed by atoms with E-state index in [0.717, 1.165) is 42.5 Å². The molecule has 108 valence electrons. The minimum atomic E-state index is -0.300. The summed E-state index contributed by atoms with van der Waals surface area (Å²) >= 11 is 0. The smallest absolute Gasteiger partial charge is 0.231 e. The van der Waals surface area contributed by atoms with Crippen molar-refractivity contribution in [3.8, 4) is 0 Å². The van der Waals surface area contributed by atoms with Gasteiger partial charge in [-0.25, -0.2) is 0 Å². The van der Waals surface area contributed by atoms with E-state index in [1.54, 1.807) is 0 Å². The van der Waals surface area contributed by atoms with Crippen molar-refractivity contribution in [3.05, 3.63) is 30.5 Å². The number of fused-ring (bicyclic) bond motifs is 1. The molecule has 1 atom stereocenters. The van der Waals surface area contributed by atoms with Crippen molar-refractivity contribution in [2.75, 3.05) is 18.4 Å². The Balaban J connectivity index is 0.00000147. The average Bonchev–Trinajstić information content (AvgIpc) is 2.87. The fourth-order valence-corrected chi connectivity index (χ4v) is 2.66. The third kappa shape index (κ3) is 2.81. The Morgan fingerprint density at radius 3 is 2.95 bits per heavy atom. The van der Waals surface area contributed by atoms with Crippen LogP contribution in [0.2, 0.25) is 0 Å².